The van der Waals surface area contributed by atoms with Gasteiger partial charge >= 0.3 is 5.76 Å². The first kappa shape index (κ1) is 23.0. The fourth-order valence-corrected chi connectivity index (χ4v) is 5.52. The van der Waals surface area contributed by atoms with E-state index in [-0.39, 0.29) is 12.4 Å². The van der Waals surface area contributed by atoms with Crippen molar-refractivity contribution in [2.75, 3.05) is 0 Å². The highest BCUT2D eigenvalue weighted by Gasteiger charge is 2.31. The highest BCUT2D eigenvalue weighted by molar-refractivity contribution is 6.33. The molecule has 0 spiro atoms. The number of ether oxygens (including phenoxy) is 1. The smallest absolute Gasteiger partial charge is 0.439 e. The molecule has 38 heavy (non-hydrogen) atoms. The molecule has 4 heterocycles. The number of rotatable bonds is 4. The Labute approximate surface area is 221 Å². The van der Waals surface area contributed by atoms with Crippen molar-refractivity contribution in [3.05, 3.63) is 116 Å². The lowest BCUT2D eigenvalue weighted by atomic mass is 9.89. The average molecular weight is 529 g/mol. The van der Waals surface area contributed by atoms with E-state index in [0.29, 0.717) is 40.1 Å². The van der Waals surface area contributed by atoms with Crippen LogP contribution in [0, 0.1) is 5.82 Å². The number of hydrogen-bond acceptors (Lipinski definition) is 5. The lowest BCUT2D eigenvalue weighted by Crippen LogP contribution is -2.02. The summed E-state index contributed by atoms with van der Waals surface area (Å²) in [5.41, 5.74) is 8.19. The normalized spacial score (nSPS) is 16.1. The Hall–Kier alpha value is -4.17. The van der Waals surface area contributed by atoms with Crippen LogP contribution < -0.4 is 10.5 Å². The van der Waals surface area contributed by atoms with E-state index < -0.39 is 5.76 Å². The summed E-state index contributed by atoms with van der Waals surface area (Å²) in [7, 11) is 0. The van der Waals surface area contributed by atoms with Crippen molar-refractivity contribution in [1.82, 2.24) is 19.5 Å². The van der Waals surface area contributed by atoms with E-state index in [2.05, 4.69) is 32.7 Å². The van der Waals surface area contributed by atoms with Crippen LogP contribution in [-0.2, 0) is 13.0 Å². The van der Waals surface area contributed by atoms with E-state index in [9.17, 15) is 9.18 Å². The summed E-state index contributed by atoms with van der Waals surface area (Å²) in [4.78, 5) is 19.2. The van der Waals surface area contributed by atoms with Gasteiger partial charge in [-0.15, -0.1) is 0 Å². The molecule has 2 aromatic carbocycles. The highest BCUT2D eigenvalue weighted by Crippen LogP contribution is 2.43. The minimum atomic E-state index is -0.640. The number of H-pyrrole nitrogens is 1. The zero-order valence-corrected chi connectivity index (χ0v) is 21.2. The monoisotopic (exact) mass is 528 g/mol. The summed E-state index contributed by atoms with van der Waals surface area (Å²) >= 11 is 6.47. The second kappa shape index (κ2) is 8.70. The van der Waals surface area contributed by atoms with E-state index in [1.165, 1.54) is 12.1 Å². The van der Waals surface area contributed by atoms with Crippen molar-refractivity contribution in [2.45, 2.75) is 38.7 Å². The maximum atomic E-state index is 14.2. The lowest BCUT2D eigenvalue weighted by Gasteiger charge is -2.14. The Morgan fingerprint density at radius 1 is 1.18 bits per heavy atom. The Balaban J connectivity index is 1.36. The van der Waals surface area contributed by atoms with Crippen LogP contribution in [0.25, 0.3) is 16.8 Å². The zero-order valence-electron chi connectivity index (χ0n) is 20.4. The largest absolute Gasteiger partial charge is 0.488 e. The van der Waals surface area contributed by atoms with Gasteiger partial charge in [-0.05, 0) is 66.3 Å². The third-order valence-corrected chi connectivity index (χ3v) is 7.57. The quantitative estimate of drug-likeness (QED) is 0.303. The molecule has 2 aliphatic rings. The molecule has 0 unspecified atom stereocenters. The van der Waals surface area contributed by atoms with E-state index in [1.54, 1.807) is 6.07 Å². The number of nitrogens with zero attached hydrogens (tertiary/aromatic N) is 3. The van der Waals surface area contributed by atoms with Crippen molar-refractivity contribution in [1.29, 1.82) is 0 Å². The highest BCUT2D eigenvalue weighted by atomic mass is 35.5. The molecule has 7 rings (SSSR count). The number of allylic oxidation sites excluding steroid dienone is 1. The van der Waals surface area contributed by atoms with Crippen LogP contribution in [0.1, 0.15) is 65.1 Å². The van der Waals surface area contributed by atoms with Crippen molar-refractivity contribution < 1.29 is 13.7 Å². The van der Waals surface area contributed by atoms with E-state index >= 15 is 0 Å². The van der Waals surface area contributed by atoms with Crippen LogP contribution in [0.5, 0.6) is 5.75 Å². The van der Waals surface area contributed by atoms with Crippen molar-refractivity contribution >= 4 is 28.4 Å². The van der Waals surface area contributed by atoms with Crippen molar-refractivity contribution in [3.8, 4) is 5.75 Å². The number of benzene rings is 2. The van der Waals surface area contributed by atoms with Gasteiger partial charge in [0.15, 0.2) is 11.5 Å². The number of hydrogen-bond donors (Lipinski definition) is 1. The maximum Gasteiger partial charge on any atom is 0.439 e. The van der Waals surface area contributed by atoms with Crippen LogP contribution in [0.15, 0.2) is 64.0 Å². The standard InChI is InChI=1S/C29H22ClFN4O3/c1-15(27-33-29(36)38-34-27)25-20-8-4-16(11-18(20)14-37-24-13-19(31)7-9-21(24)25)12-23-26(17-5-6-17)32-28-22(30)3-2-10-35(23)28/h2-4,7-11,13,17H,5-6,12,14H2,1H3,(H,33,34,36)/b25-15+. The van der Waals surface area contributed by atoms with E-state index in [1.807, 2.05) is 25.3 Å². The molecule has 7 nitrogen and oxygen atoms in total. The molecule has 1 aliphatic heterocycles. The molecule has 1 saturated carbocycles. The molecule has 1 N–H and O–H groups in total. The second-order valence-electron chi connectivity index (χ2n) is 9.81. The fourth-order valence-electron chi connectivity index (χ4n) is 5.31. The number of aromatic amines is 1. The minimum Gasteiger partial charge on any atom is -0.488 e. The third kappa shape index (κ3) is 3.83. The molecule has 1 fully saturated rings. The van der Waals surface area contributed by atoms with Crippen LogP contribution in [0.2, 0.25) is 5.02 Å². The number of halogens is 2. The number of fused-ring (bicyclic) bond motifs is 3. The van der Waals surface area contributed by atoms with Gasteiger partial charge in [0.25, 0.3) is 0 Å². The zero-order chi connectivity index (χ0) is 26.0. The lowest BCUT2D eigenvalue weighted by molar-refractivity contribution is 0.305. The summed E-state index contributed by atoms with van der Waals surface area (Å²) in [6.07, 6.45) is 4.96. The fraction of sp³-hybridized carbons (Fsp3) is 0.207. The average Bonchev–Trinajstić information content (AvgIpc) is 3.59. The molecule has 1 aliphatic carbocycles. The molecule has 0 atom stereocenters. The van der Waals surface area contributed by atoms with Gasteiger partial charge in [0.1, 0.15) is 18.2 Å². The predicted molar refractivity (Wildman–Crippen MR) is 141 cm³/mol. The molecule has 190 valence electrons. The number of nitrogens with one attached hydrogen (secondary N) is 1. The number of imidazole rings is 1. The molecule has 0 radical (unpaired) electrons. The molecule has 9 heteroatoms. The van der Waals surface area contributed by atoms with Gasteiger partial charge in [0.05, 0.1) is 16.4 Å². The molecule has 3 aromatic heterocycles. The third-order valence-electron chi connectivity index (χ3n) is 7.27. The first-order valence-electron chi connectivity index (χ1n) is 12.4. The predicted octanol–water partition coefficient (Wildman–Crippen LogP) is 6.14. The molecule has 0 bridgehead atoms. The van der Waals surface area contributed by atoms with Gasteiger partial charge in [0.2, 0.25) is 0 Å². The Bertz CT molecular complexity index is 1830. The SMILES string of the molecule is C/C(=C1/c2ccc(Cc3c(C4CC4)nc4c(Cl)cccn34)cc2COc2cc(F)ccc21)c1noc(=O)[nH]1. The van der Waals surface area contributed by atoms with Crippen LogP contribution in [0.4, 0.5) is 4.39 Å². The van der Waals surface area contributed by atoms with Gasteiger partial charge in [-0.1, -0.05) is 35.0 Å². The van der Waals surface area contributed by atoms with Gasteiger partial charge in [-0.25, -0.2) is 14.2 Å². The maximum absolute atomic E-state index is 14.2. The Morgan fingerprint density at radius 3 is 2.82 bits per heavy atom. The van der Waals surface area contributed by atoms with Crippen molar-refractivity contribution in [2.24, 2.45) is 0 Å². The molecule has 0 saturated heterocycles. The van der Waals surface area contributed by atoms with E-state index in [0.717, 1.165) is 52.1 Å². The van der Waals surface area contributed by atoms with Crippen LogP contribution >= 0.6 is 11.6 Å². The van der Waals surface area contributed by atoms with Crippen LogP contribution in [0.3, 0.4) is 0 Å². The first-order valence-corrected chi connectivity index (χ1v) is 12.8. The summed E-state index contributed by atoms with van der Waals surface area (Å²) in [5.74, 6) is 0.182. The van der Waals surface area contributed by atoms with Crippen molar-refractivity contribution in [3.63, 3.8) is 0 Å². The Morgan fingerprint density at radius 2 is 2.03 bits per heavy atom. The molecular formula is C29H22ClFN4O3. The summed E-state index contributed by atoms with van der Waals surface area (Å²) < 4.78 is 27.1. The Kier molecular flexibility index (Phi) is 5.26. The van der Waals surface area contributed by atoms with Gasteiger partial charge in [0, 0.05) is 35.7 Å². The topological polar surface area (TPSA) is 85.4 Å². The van der Waals surface area contributed by atoms with Gasteiger partial charge in [-0.3, -0.25) is 9.51 Å². The first-order chi connectivity index (χ1) is 18.5. The molecule has 0 amide bonds. The summed E-state index contributed by atoms with van der Waals surface area (Å²) in [6.45, 7) is 2.11. The summed E-state index contributed by atoms with van der Waals surface area (Å²) in [5, 5.41) is 4.52. The molecule has 5 aromatic rings. The number of aromatic nitrogens is 4. The van der Waals surface area contributed by atoms with Gasteiger partial charge < -0.3 is 9.14 Å². The second-order valence-corrected chi connectivity index (χ2v) is 10.2. The van der Waals surface area contributed by atoms with Gasteiger partial charge in [-0.2, -0.15) is 0 Å². The van der Waals surface area contributed by atoms with E-state index in [4.69, 9.17) is 25.8 Å². The van der Waals surface area contributed by atoms with Crippen LogP contribution in [-0.4, -0.2) is 19.5 Å². The molecular weight excluding hydrogens is 507 g/mol. The number of pyridine rings is 1. The summed E-state index contributed by atoms with van der Waals surface area (Å²) in [6, 6.07) is 14.5. The minimum absolute atomic E-state index is 0.264.